The molecular weight excluding hydrogens is 440 g/mol. The van der Waals surface area contributed by atoms with Crippen molar-refractivity contribution in [3.05, 3.63) is 110 Å². The van der Waals surface area contributed by atoms with Gasteiger partial charge >= 0.3 is 5.69 Å². The number of carbonyl (C=O) groups is 1. The van der Waals surface area contributed by atoms with Crippen molar-refractivity contribution in [2.24, 2.45) is 0 Å². The largest absolute Gasteiger partial charge is 0.332 e. The number of amides is 1. The molecule has 0 bridgehead atoms. The highest BCUT2D eigenvalue weighted by Gasteiger charge is 2.16. The Hall–Kier alpha value is -3.78. The smallest absolute Gasteiger partial charge is 0.324 e. The van der Waals surface area contributed by atoms with Crippen molar-refractivity contribution in [3.8, 4) is 0 Å². The van der Waals surface area contributed by atoms with E-state index in [9.17, 15) is 23.2 Å². The van der Waals surface area contributed by atoms with Gasteiger partial charge in [0.2, 0.25) is 5.91 Å². The van der Waals surface area contributed by atoms with Gasteiger partial charge in [0, 0.05) is 16.8 Å². The minimum absolute atomic E-state index is 0.0175. The van der Waals surface area contributed by atoms with Gasteiger partial charge in [0.05, 0.1) is 17.4 Å². The Morgan fingerprint density at radius 1 is 0.906 bits per heavy atom. The number of para-hydroxylation sites is 1. The molecule has 1 amide bonds. The third-order valence-corrected chi connectivity index (χ3v) is 5.09. The van der Waals surface area contributed by atoms with Crippen molar-refractivity contribution in [2.75, 3.05) is 5.32 Å². The van der Waals surface area contributed by atoms with Crippen LogP contribution in [0.3, 0.4) is 0 Å². The number of benzene rings is 3. The summed E-state index contributed by atoms with van der Waals surface area (Å²) < 4.78 is 29.0. The van der Waals surface area contributed by atoms with Crippen LogP contribution in [0.2, 0.25) is 5.02 Å². The molecule has 162 valence electrons. The molecule has 0 atom stereocenters. The molecule has 0 aliphatic rings. The van der Waals surface area contributed by atoms with E-state index >= 15 is 0 Å². The average molecular weight is 456 g/mol. The van der Waals surface area contributed by atoms with E-state index in [1.165, 1.54) is 0 Å². The number of fused-ring (bicyclic) bond motifs is 1. The van der Waals surface area contributed by atoms with Gasteiger partial charge in [-0.2, -0.15) is 0 Å². The molecule has 9 heteroatoms. The van der Waals surface area contributed by atoms with E-state index in [1.807, 2.05) is 0 Å². The van der Waals surface area contributed by atoms with Crippen LogP contribution in [0.25, 0.3) is 10.9 Å². The minimum Gasteiger partial charge on any atom is -0.324 e. The average Bonchev–Trinajstić information content (AvgIpc) is 2.75. The molecule has 0 aliphatic carbocycles. The summed E-state index contributed by atoms with van der Waals surface area (Å²) in [7, 11) is 0. The molecular formula is C23H16ClF2N3O3. The van der Waals surface area contributed by atoms with Crippen LogP contribution < -0.4 is 16.6 Å². The number of aromatic nitrogens is 2. The van der Waals surface area contributed by atoms with Crippen molar-refractivity contribution in [3.63, 3.8) is 0 Å². The monoisotopic (exact) mass is 455 g/mol. The Bertz CT molecular complexity index is 1430. The van der Waals surface area contributed by atoms with E-state index in [0.717, 1.165) is 21.3 Å². The number of anilines is 1. The Balaban J connectivity index is 1.74. The fourth-order valence-electron chi connectivity index (χ4n) is 3.41. The molecule has 0 spiro atoms. The fourth-order valence-corrected chi connectivity index (χ4v) is 3.53. The first-order chi connectivity index (χ1) is 15.3. The quantitative estimate of drug-likeness (QED) is 0.497. The number of hydrogen-bond acceptors (Lipinski definition) is 3. The first kappa shape index (κ1) is 21.5. The van der Waals surface area contributed by atoms with Gasteiger partial charge in [-0.1, -0.05) is 35.9 Å². The summed E-state index contributed by atoms with van der Waals surface area (Å²) in [6.45, 7) is -0.477. The second kappa shape index (κ2) is 8.76. The van der Waals surface area contributed by atoms with Crippen LogP contribution in [0.15, 0.2) is 76.3 Å². The summed E-state index contributed by atoms with van der Waals surface area (Å²) in [5, 5.41) is 3.14. The summed E-state index contributed by atoms with van der Waals surface area (Å²) in [5.74, 6) is -2.38. The lowest BCUT2D eigenvalue weighted by Gasteiger charge is -2.14. The van der Waals surface area contributed by atoms with Crippen LogP contribution in [0.1, 0.15) is 5.56 Å². The number of nitrogens with zero attached hydrogens (tertiary/aromatic N) is 2. The fraction of sp³-hybridized carbons (Fsp3) is 0.0870. The van der Waals surface area contributed by atoms with E-state index in [4.69, 9.17) is 11.6 Å². The summed E-state index contributed by atoms with van der Waals surface area (Å²) >= 11 is 5.90. The van der Waals surface area contributed by atoms with Gasteiger partial charge < -0.3 is 5.32 Å². The maximum Gasteiger partial charge on any atom is 0.332 e. The molecule has 4 aromatic rings. The van der Waals surface area contributed by atoms with Crippen LogP contribution in [-0.4, -0.2) is 15.0 Å². The molecule has 0 radical (unpaired) electrons. The highest BCUT2D eigenvalue weighted by Crippen LogP contribution is 2.14. The predicted octanol–water partition coefficient (Wildman–Crippen LogP) is 3.78. The van der Waals surface area contributed by atoms with Gasteiger partial charge in [0.1, 0.15) is 18.2 Å². The van der Waals surface area contributed by atoms with E-state index in [2.05, 4.69) is 5.32 Å². The lowest BCUT2D eigenvalue weighted by atomic mass is 10.2. The number of carbonyl (C=O) groups excluding carboxylic acids is 1. The van der Waals surface area contributed by atoms with Gasteiger partial charge in [-0.3, -0.25) is 18.7 Å². The van der Waals surface area contributed by atoms with Crippen molar-refractivity contribution in [1.82, 2.24) is 9.13 Å². The Labute approximate surface area is 185 Å². The molecule has 4 rings (SSSR count). The Morgan fingerprint density at radius 3 is 2.25 bits per heavy atom. The molecule has 0 saturated carbocycles. The third-order valence-electron chi connectivity index (χ3n) is 4.83. The summed E-state index contributed by atoms with van der Waals surface area (Å²) in [4.78, 5) is 38.7. The maximum absolute atomic E-state index is 13.4. The van der Waals surface area contributed by atoms with Crippen LogP contribution in [0, 0.1) is 11.6 Å². The zero-order valence-corrected chi connectivity index (χ0v) is 17.3. The molecule has 1 N–H and O–H groups in total. The number of hydrogen-bond donors (Lipinski definition) is 1. The van der Waals surface area contributed by atoms with E-state index in [1.54, 1.807) is 48.5 Å². The van der Waals surface area contributed by atoms with Gasteiger partial charge in [-0.05, 0) is 42.0 Å². The van der Waals surface area contributed by atoms with Gasteiger partial charge in [0.15, 0.2) is 0 Å². The van der Waals surface area contributed by atoms with Crippen LogP contribution in [0.4, 0.5) is 14.5 Å². The molecule has 1 heterocycles. The molecule has 0 aliphatic heterocycles. The summed E-state index contributed by atoms with van der Waals surface area (Å²) in [6, 6.07) is 15.7. The third kappa shape index (κ3) is 4.45. The molecule has 0 saturated heterocycles. The molecule has 3 aromatic carbocycles. The Kier molecular flexibility index (Phi) is 5.87. The molecule has 1 aromatic heterocycles. The predicted molar refractivity (Wildman–Crippen MR) is 118 cm³/mol. The minimum atomic E-state index is -0.848. The zero-order valence-electron chi connectivity index (χ0n) is 16.5. The maximum atomic E-state index is 13.4. The van der Waals surface area contributed by atoms with Crippen molar-refractivity contribution >= 4 is 34.1 Å². The lowest BCUT2D eigenvalue weighted by molar-refractivity contribution is -0.116. The van der Waals surface area contributed by atoms with Crippen molar-refractivity contribution in [1.29, 1.82) is 0 Å². The number of nitrogens with one attached hydrogen (secondary N) is 1. The lowest BCUT2D eigenvalue weighted by Crippen LogP contribution is -2.42. The normalized spacial score (nSPS) is 11.0. The second-order valence-corrected chi connectivity index (χ2v) is 7.55. The first-order valence-electron chi connectivity index (χ1n) is 9.54. The zero-order chi connectivity index (χ0) is 22.8. The summed E-state index contributed by atoms with van der Waals surface area (Å²) in [5.41, 5.74) is -0.321. The van der Waals surface area contributed by atoms with E-state index in [-0.39, 0.29) is 23.1 Å². The molecule has 0 unspecified atom stereocenters. The summed E-state index contributed by atoms with van der Waals surface area (Å²) in [6.07, 6.45) is 0. The standard InChI is InChI=1S/C23H16ClF2N3O3/c24-15-7-5-14(6-8-15)12-29-22(31)19-3-1-2-4-20(19)28(23(29)32)13-21(30)27-18-10-16(25)9-17(26)11-18/h1-11H,12-13H2,(H,27,30). The molecule has 6 nitrogen and oxygen atoms in total. The molecule has 0 fully saturated rings. The topological polar surface area (TPSA) is 73.1 Å². The van der Waals surface area contributed by atoms with E-state index in [0.29, 0.717) is 16.7 Å². The number of halogens is 3. The highest BCUT2D eigenvalue weighted by molar-refractivity contribution is 6.30. The van der Waals surface area contributed by atoms with Gasteiger partial charge in [0.25, 0.3) is 5.56 Å². The second-order valence-electron chi connectivity index (χ2n) is 7.11. The van der Waals surface area contributed by atoms with Gasteiger partial charge in [-0.25, -0.2) is 13.6 Å². The van der Waals surface area contributed by atoms with Crippen LogP contribution in [-0.2, 0) is 17.9 Å². The first-order valence-corrected chi connectivity index (χ1v) is 9.92. The number of rotatable bonds is 5. The SMILES string of the molecule is O=C(Cn1c(=O)n(Cc2ccc(Cl)cc2)c(=O)c2ccccc21)Nc1cc(F)cc(F)c1. The van der Waals surface area contributed by atoms with Crippen LogP contribution >= 0.6 is 11.6 Å². The van der Waals surface area contributed by atoms with E-state index < -0.39 is 35.3 Å². The van der Waals surface area contributed by atoms with Crippen molar-refractivity contribution < 1.29 is 13.6 Å². The molecule has 32 heavy (non-hydrogen) atoms. The highest BCUT2D eigenvalue weighted by atomic mass is 35.5. The van der Waals surface area contributed by atoms with Gasteiger partial charge in [-0.15, -0.1) is 0 Å². The van der Waals surface area contributed by atoms with Crippen molar-refractivity contribution in [2.45, 2.75) is 13.1 Å². The Morgan fingerprint density at radius 2 is 1.56 bits per heavy atom. The van der Waals surface area contributed by atoms with Crippen LogP contribution in [0.5, 0.6) is 0 Å².